The Balaban J connectivity index is 1.75. The summed E-state index contributed by atoms with van der Waals surface area (Å²) in [6.45, 7) is 6.41. The van der Waals surface area contributed by atoms with Crippen LogP contribution in [0, 0.1) is 5.92 Å². The number of carboxylic acids is 1. The third-order valence-corrected chi connectivity index (χ3v) is 4.51. The van der Waals surface area contributed by atoms with Crippen molar-refractivity contribution in [3.05, 3.63) is 0 Å². The maximum Gasteiger partial charge on any atom is 0.317 e. The van der Waals surface area contributed by atoms with Gasteiger partial charge in [0.2, 0.25) is 0 Å². The van der Waals surface area contributed by atoms with Gasteiger partial charge in [-0.05, 0) is 38.6 Å². The largest absolute Gasteiger partial charge is 0.481 e. The van der Waals surface area contributed by atoms with E-state index in [1.807, 2.05) is 0 Å². The maximum atomic E-state index is 12.2. The Morgan fingerprint density at radius 3 is 2.52 bits per heavy atom. The SMILES string of the molecule is CCCN1CCC(NC(=O)N2CCC[C@@H](C(=O)O)C2)CC1. The number of carbonyl (C=O) groups excluding carboxylic acids is 1. The smallest absolute Gasteiger partial charge is 0.317 e. The van der Waals surface area contributed by atoms with E-state index in [1.165, 1.54) is 6.42 Å². The molecule has 2 aliphatic heterocycles. The van der Waals surface area contributed by atoms with E-state index >= 15 is 0 Å². The average molecular weight is 297 g/mol. The fourth-order valence-corrected chi connectivity index (χ4v) is 3.25. The molecule has 0 spiro atoms. The zero-order valence-electron chi connectivity index (χ0n) is 12.9. The summed E-state index contributed by atoms with van der Waals surface area (Å²) >= 11 is 0. The van der Waals surface area contributed by atoms with Gasteiger partial charge in [0.15, 0.2) is 0 Å². The molecule has 0 aliphatic carbocycles. The van der Waals surface area contributed by atoms with Gasteiger partial charge < -0.3 is 20.2 Å². The summed E-state index contributed by atoms with van der Waals surface area (Å²) in [7, 11) is 0. The maximum absolute atomic E-state index is 12.2. The number of aliphatic carboxylic acids is 1. The normalized spacial score (nSPS) is 24.8. The van der Waals surface area contributed by atoms with Gasteiger partial charge in [0.05, 0.1) is 5.92 Å². The van der Waals surface area contributed by atoms with Gasteiger partial charge in [-0.25, -0.2) is 4.79 Å². The molecule has 0 saturated carbocycles. The first-order valence-corrected chi connectivity index (χ1v) is 8.10. The van der Waals surface area contributed by atoms with Crippen molar-refractivity contribution in [2.24, 2.45) is 5.92 Å². The molecule has 0 aromatic heterocycles. The predicted octanol–water partition coefficient (Wildman–Crippen LogP) is 1.37. The molecule has 0 unspecified atom stereocenters. The van der Waals surface area contributed by atoms with Crippen LogP contribution >= 0.6 is 0 Å². The van der Waals surface area contributed by atoms with Crippen LogP contribution in [0.5, 0.6) is 0 Å². The van der Waals surface area contributed by atoms with Gasteiger partial charge in [0, 0.05) is 32.2 Å². The molecular weight excluding hydrogens is 270 g/mol. The molecule has 120 valence electrons. The molecule has 2 fully saturated rings. The highest BCUT2D eigenvalue weighted by Gasteiger charge is 2.29. The Kier molecular flexibility index (Phi) is 5.85. The molecule has 21 heavy (non-hydrogen) atoms. The first kappa shape index (κ1) is 16.1. The van der Waals surface area contributed by atoms with Crippen molar-refractivity contribution in [3.8, 4) is 0 Å². The summed E-state index contributed by atoms with van der Waals surface area (Å²) in [5.74, 6) is -1.20. The van der Waals surface area contributed by atoms with E-state index < -0.39 is 11.9 Å². The molecule has 2 amide bonds. The number of piperidine rings is 2. The lowest BCUT2D eigenvalue weighted by Gasteiger charge is -2.35. The monoisotopic (exact) mass is 297 g/mol. The number of rotatable bonds is 4. The van der Waals surface area contributed by atoms with Gasteiger partial charge >= 0.3 is 12.0 Å². The lowest BCUT2D eigenvalue weighted by Crippen LogP contribution is -2.52. The van der Waals surface area contributed by atoms with Crippen LogP contribution in [0.2, 0.25) is 0 Å². The number of carbonyl (C=O) groups is 2. The van der Waals surface area contributed by atoms with Crippen LogP contribution in [0.25, 0.3) is 0 Å². The Labute approximate surface area is 126 Å². The number of carboxylic acid groups (broad SMARTS) is 1. The Bertz CT molecular complexity index is 367. The summed E-state index contributed by atoms with van der Waals surface area (Å²) < 4.78 is 0. The van der Waals surface area contributed by atoms with Gasteiger partial charge in [-0.3, -0.25) is 4.79 Å². The van der Waals surface area contributed by atoms with Crippen LogP contribution in [-0.4, -0.2) is 65.7 Å². The van der Waals surface area contributed by atoms with Crippen molar-refractivity contribution >= 4 is 12.0 Å². The summed E-state index contributed by atoms with van der Waals surface area (Å²) in [5, 5.41) is 12.2. The molecule has 0 bridgehead atoms. The molecule has 6 heteroatoms. The molecule has 6 nitrogen and oxygen atoms in total. The van der Waals surface area contributed by atoms with Gasteiger partial charge in [-0.15, -0.1) is 0 Å². The zero-order valence-corrected chi connectivity index (χ0v) is 12.9. The minimum Gasteiger partial charge on any atom is -0.481 e. The number of hydrogen-bond acceptors (Lipinski definition) is 3. The zero-order chi connectivity index (χ0) is 15.2. The molecule has 2 aliphatic rings. The van der Waals surface area contributed by atoms with E-state index in [4.69, 9.17) is 5.11 Å². The van der Waals surface area contributed by atoms with Crippen molar-refractivity contribution in [2.75, 3.05) is 32.7 Å². The van der Waals surface area contributed by atoms with Crippen LogP contribution in [0.4, 0.5) is 4.79 Å². The standard InChI is InChI=1S/C15H27N3O3/c1-2-7-17-9-5-13(6-10-17)16-15(21)18-8-3-4-12(11-18)14(19)20/h12-13H,2-11H2,1H3,(H,16,21)(H,19,20)/t12-/m1/s1. The molecule has 0 aromatic rings. The van der Waals surface area contributed by atoms with Crippen LogP contribution in [0.1, 0.15) is 39.0 Å². The van der Waals surface area contributed by atoms with Gasteiger partial charge in [-0.2, -0.15) is 0 Å². The van der Waals surface area contributed by atoms with E-state index in [1.54, 1.807) is 4.90 Å². The molecule has 0 radical (unpaired) electrons. The average Bonchev–Trinajstić information content (AvgIpc) is 2.49. The first-order chi connectivity index (χ1) is 10.1. The summed E-state index contributed by atoms with van der Waals surface area (Å²) in [6.07, 6.45) is 4.60. The van der Waals surface area contributed by atoms with E-state index in [0.29, 0.717) is 19.5 Å². The third kappa shape index (κ3) is 4.59. The van der Waals surface area contributed by atoms with Crippen molar-refractivity contribution in [1.29, 1.82) is 0 Å². The second-order valence-corrected chi connectivity index (χ2v) is 6.19. The van der Waals surface area contributed by atoms with Crippen LogP contribution in [0.3, 0.4) is 0 Å². The Morgan fingerprint density at radius 2 is 1.90 bits per heavy atom. The fourth-order valence-electron chi connectivity index (χ4n) is 3.25. The van der Waals surface area contributed by atoms with Crippen molar-refractivity contribution in [2.45, 2.75) is 45.1 Å². The van der Waals surface area contributed by atoms with Crippen molar-refractivity contribution in [1.82, 2.24) is 15.1 Å². The number of hydrogen-bond donors (Lipinski definition) is 2. The van der Waals surface area contributed by atoms with Crippen molar-refractivity contribution < 1.29 is 14.7 Å². The second kappa shape index (κ2) is 7.64. The Morgan fingerprint density at radius 1 is 1.19 bits per heavy atom. The minimum absolute atomic E-state index is 0.0881. The van der Waals surface area contributed by atoms with Crippen LogP contribution in [0.15, 0.2) is 0 Å². The molecule has 2 heterocycles. The van der Waals surface area contributed by atoms with Crippen LogP contribution < -0.4 is 5.32 Å². The highest BCUT2D eigenvalue weighted by Crippen LogP contribution is 2.17. The number of likely N-dealkylation sites (tertiary alicyclic amines) is 2. The van der Waals surface area contributed by atoms with Gasteiger partial charge in [0.25, 0.3) is 0 Å². The molecule has 1 atom stereocenters. The number of urea groups is 1. The molecular formula is C15H27N3O3. The topological polar surface area (TPSA) is 72.9 Å². The van der Waals surface area contributed by atoms with Crippen LogP contribution in [-0.2, 0) is 4.79 Å². The number of amides is 2. The second-order valence-electron chi connectivity index (χ2n) is 6.19. The van der Waals surface area contributed by atoms with Gasteiger partial charge in [-0.1, -0.05) is 6.92 Å². The Hall–Kier alpha value is -1.30. The van der Waals surface area contributed by atoms with Gasteiger partial charge in [0.1, 0.15) is 0 Å². The van der Waals surface area contributed by atoms with E-state index in [9.17, 15) is 9.59 Å². The first-order valence-electron chi connectivity index (χ1n) is 8.10. The van der Waals surface area contributed by atoms with Crippen molar-refractivity contribution in [3.63, 3.8) is 0 Å². The molecule has 2 saturated heterocycles. The third-order valence-electron chi connectivity index (χ3n) is 4.51. The molecule has 2 rings (SSSR count). The number of nitrogens with zero attached hydrogens (tertiary/aromatic N) is 2. The summed E-state index contributed by atoms with van der Waals surface area (Å²) in [4.78, 5) is 27.4. The lowest BCUT2D eigenvalue weighted by atomic mass is 9.98. The molecule has 0 aromatic carbocycles. The minimum atomic E-state index is -0.791. The summed E-state index contributed by atoms with van der Waals surface area (Å²) in [6, 6.07) is 0.144. The van der Waals surface area contributed by atoms with E-state index in [0.717, 1.165) is 38.9 Å². The predicted molar refractivity (Wildman–Crippen MR) is 80.2 cm³/mol. The quantitative estimate of drug-likeness (QED) is 0.822. The molecule has 2 N–H and O–H groups in total. The highest BCUT2D eigenvalue weighted by molar-refractivity contribution is 5.76. The number of nitrogens with one attached hydrogen (secondary N) is 1. The fraction of sp³-hybridized carbons (Fsp3) is 0.867. The highest BCUT2D eigenvalue weighted by atomic mass is 16.4. The lowest BCUT2D eigenvalue weighted by molar-refractivity contribution is -0.143. The summed E-state index contributed by atoms with van der Waals surface area (Å²) in [5.41, 5.74) is 0. The van der Waals surface area contributed by atoms with E-state index in [-0.39, 0.29) is 12.1 Å². The van der Waals surface area contributed by atoms with E-state index in [2.05, 4.69) is 17.1 Å².